The molecule has 18 heavy (non-hydrogen) atoms. The van der Waals surface area contributed by atoms with Gasteiger partial charge in [0.15, 0.2) is 0 Å². The quantitative estimate of drug-likeness (QED) is 0.795. The Hall–Kier alpha value is -1.07. The fourth-order valence-corrected chi connectivity index (χ4v) is 1.61. The van der Waals surface area contributed by atoms with E-state index in [0.717, 1.165) is 24.2 Å². The number of benzene rings is 1. The second-order valence-electron chi connectivity index (χ2n) is 4.22. The average Bonchev–Trinajstić information content (AvgIpc) is 2.33. The van der Waals surface area contributed by atoms with Gasteiger partial charge in [0.1, 0.15) is 0 Å². The van der Waals surface area contributed by atoms with Crippen molar-refractivity contribution >= 4 is 0 Å². The number of alkyl halides is 3. The van der Waals surface area contributed by atoms with Crippen LogP contribution >= 0.6 is 0 Å². The third-order valence-electron chi connectivity index (χ3n) is 2.74. The predicted octanol–water partition coefficient (Wildman–Crippen LogP) is 3.04. The van der Waals surface area contributed by atoms with Gasteiger partial charge in [0.25, 0.3) is 0 Å². The van der Waals surface area contributed by atoms with E-state index < -0.39 is 11.7 Å². The smallest absolute Gasteiger partial charge is 0.383 e. The molecule has 0 bridgehead atoms. The molecule has 0 spiro atoms. The minimum atomic E-state index is -4.27. The van der Waals surface area contributed by atoms with Crippen molar-refractivity contribution in [3.8, 4) is 0 Å². The van der Waals surface area contributed by atoms with Crippen LogP contribution in [-0.2, 0) is 10.9 Å². The third-order valence-corrected chi connectivity index (χ3v) is 2.74. The standard InChI is InChI=1S/C13H18F3NO/c1-10(9-17-7-8-18-2)11-3-5-12(6-4-11)13(14,15)16/h3-6,10,17H,7-9H2,1-2H3. The Balaban J connectivity index is 2.51. The SMILES string of the molecule is COCCNCC(C)c1ccc(C(F)(F)F)cc1. The maximum absolute atomic E-state index is 12.4. The molecular weight excluding hydrogens is 243 g/mol. The zero-order valence-corrected chi connectivity index (χ0v) is 10.6. The Morgan fingerprint density at radius 3 is 2.33 bits per heavy atom. The lowest BCUT2D eigenvalue weighted by Crippen LogP contribution is -2.23. The van der Waals surface area contributed by atoms with E-state index in [1.165, 1.54) is 12.1 Å². The van der Waals surface area contributed by atoms with Crippen molar-refractivity contribution in [1.29, 1.82) is 0 Å². The van der Waals surface area contributed by atoms with Crippen molar-refractivity contribution in [2.24, 2.45) is 0 Å². The van der Waals surface area contributed by atoms with Gasteiger partial charge >= 0.3 is 6.18 Å². The summed E-state index contributed by atoms with van der Waals surface area (Å²) in [6.07, 6.45) is -4.27. The van der Waals surface area contributed by atoms with Crippen LogP contribution in [0.1, 0.15) is 24.0 Å². The molecule has 0 saturated heterocycles. The number of nitrogens with one attached hydrogen (secondary N) is 1. The normalized spacial score (nSPS) is 13.6. The molecule has 0 amide bonds. The summed E-state index contributed by atoms with van der Waals surface area (Å²) in [6.45, 7) is 4.05. The van der Waals surface area contributed by atoms with Gasteiger partial charge in [-0.15, -0.1) is 0 Å². The lowest BCUT2D eigenvalue weighted by atomic mass is 10.00. The summed E-state index contributed by atoms with van der Waals surface area (Å²) in [4.78, 5) is 0. The van der Waals surface area contributed by atoms with Crippen LogP contribution in [0.4, 0.5) is 13.2 Å². The summed E-state index contributed by atoms with van der Waals surface area (Å²) in [7, 11) is 1.63. The van der Waals surface area contributed by atoms with Gasteiger partial charge in [0, 0.05) is 20.2 Å². The van der Waals surface area contributed by atoms with E-state index in [2.05, 4.69) is 5.32 Å². The van der Waals surface area contributed by atoms with Gasteiger partial charge in [-0.25, -0.2) is 0 Å². The molecule has 0 aliphatic carbocycles. The summed E-state index contributed by atoms with van der Waals surface area (Å²) >= 11 is 0. The molecule has 0 aliphatic rings. The highest BCUT2D eigenvalue weighted by Crippen LogP contribution is 2.30. The first-order chi connectivity index (χ1) is 8.45. The van der Waals surface area contributed by atoms with Crippen molar-refractivity contribution in [1.82, 2.24) is 5.32 Å². The van der Waals surface area contributed by atoms with Crippen LogP contribution in [0.25, 0.3) is 0 Å². The Morgan fingerprint density at radius 2 is 1.83 bits per heavy atom. The molecule has 1 unspecified atom stereocenters. The number of hydrogen-bond donors (Lipinski definition) is 1. The van der Waals surface area contributed by atoms with Gasteiger partial charge < -0.3 is 10.1 Å². The highest BCUT2D eigenvalue weighted by molar-refractivity contribution is 5.26. The number of methoxy groups -OCH3 is 1. The maximum Gasteiger partial charge on any atom is 0.416 e. The van der Waals surface area contributed by atoms with Gasteiger partial charge in [-0.1, -0.05) is 19.1 Å². The molecule has 1 atom stereocenters. The summed E-state index contributed by atoms with van der Waals surface area (Å²) < 4.78 is 42.0. The molecule has 0 heterocycles. The minimum Gasteiger partial charge on any atom is -0.383 e. The van der Waals surface area contributed by atoms with E-state index in [1.807, 2.05) is 6.92 Å². The fraction of sp³-hybridized carbons (Fsp3) is 0.538. The van der Waals surface area contributed by atoms with Crippen LogP contribution < -0.4 is 5.32 Å². The Bertz CT molecular complexity index is 348. The van der Waals surface area contributed by atoms with Crippen molar-refractivity contribution in [2.45, 2.75) is 19.0 Å². The second-order valence-corrected chi connectivity index (χ2v) is 4.22. The van der Waals surface area contributed by atoms with Crippen molar-refractivity contribution in [3.63, 3.8) is 0 Å². The fourth-order valence-electron chi connectivity index (χ4n) is 1.61. The molecule has 1 aromatic carbocycles. The number of hydrogen-bond acceptors (Lipinski definition) is 2. The zero-order chi connectivity index (χ0) is 13.6. The Morgan fingerprint density at radius 1 is 1.22 bits per heavy atom. The van der Waals surface area contributed by atoms with Crippen molar-refractivity contribution < 1.29 is 17.9 Å². The zero-order valence-electron chi connectivity index (χ0n) is 10.6. The van der Waals surface area contributed by atoms with Crippen LogP contribution in [-0.4, -0.2) is 26.8 Å². The van der Waals surface area contributed by atoms with Gasteiger partial charge in [-0.3, -0.25) is 0 Å². The van der Waals surface area contributed by atoms with Gasteiger partial charge in [-0.05, 0) is 23.6 Å². The molecule has 0 aliphatic heterocycles. The molecule has 5 heteroatoms. The van der Waals surface area contributed by atoms with E-state index in [4.69, 9.17) is 4.74 Å². The van der Waals surface area contributed by atoms with Crippen LogP contribution in [0.15, 0.2) is 24.3 Å². The molecular formula is C13H18F3NO. The van der Waals surface area contributed by atoms with Crippen molar-refractivity contribution in [3.05, 3.63) is 35.4 Å². The Kier molecular flexibility index (Phi) is 5.62. The Labute approximate surface area is 105 Å². The van der Waals surface area contributed by atoms with E-state index in [0.29, 0.717) is 13.2 Å². The lowest BCUT2D eigenvalue weighted by molar-refractivity contribution is -0.137. The predicted molar refractivity (Wildman–Crippen MR) is 64.6 cm³/mol. The van der Waals surface area contributed by atoms with Crippen LogP contribution in [0.5, 0.6) is 0 Å². The van der Waals surface area contributed by atoms with Crippen LogP contribution in [0, 0.1) is 0 Å². The molecule has 1 aromatic rings. The highest BCUT2D eigenvalue weighted by atomic mass is 19.4. The maximum atomic E-state index is 12.4. The summed E-state index contributed by atoms with van der Waals surface area (Å²) in [5, 5.41) is 3.18. The molecule has 0 aromatic heterocycles. The topological polar surface area (TPSA) is 21.3 Å². The lowest BCUT2D eigenvalue weighted by Gasteiger charge is -2.14. The van der Waals surface area contributed by atoms with E-state index in [9.17, 15) is 13.2 Å². The van der Waals surface area contributed by atoms with Crippen LogP contribution in [0.2, 0.25) is 0 Å². The van der Waals surface area contributed by atoms with Gasteiger partial charge in [0.05, 0.1) is 12.2 Å². The molecule has 0 saturated carbocycles. The molecule has 1 rings (SSSR count). The monoisotopic (exact) mass is 261 g/mol. The van der Waals surface area contributed by atoms with E-state index in [1.54, 1.807) is 7.11 Å². The highest BCUT2D eigenvalue weighted by Gasteiger charge is 2.30. The molecule has 0 fully saturated rings. The summed E-state index contributed by atoms with van der Waals surface area (Å²) in [5.41, 5.74) is 0.290. The molecule has 102 valence electrons. The molecule has 1 N–H and O–H groups in total. The minimum absolute atomic E-state index is 0.170. The first-order valence-corrected chi connectivity index (χ1v) is 5.82. The van der Waals surface area contributed by atoms with E-state index >= 15 is 0 Å². The summed E-state index contributed by atoms with van der Waals surface area (Å²) in [6, 6.07) is 5.32. The molecule has 2 nitrogen and oxygen atoms in total. The first-order valence-electron chi connectivity index (χ1n) is 5.82. The number of halogens is 3. The third kappa shape index (κ3) is 4.66. The van der Waals surface area contributed by atoms with E-state index in [-0.39, 0.29) is 5.92 Å². The van der Waals surface area contributed by atoms with Crippen molar-refractivity contribution in [2.75, 3.05) is 26.8 Å². The average molecular weight is 261 g/mol. The van der Waals surface area contributed by atoms with Gasteiger partial charge in [0.2, 0.25) is 0 Å². The summed E-state index contributed by atoms with van der Waals surface area (Å²) in [5.74, 6) is 0.170. The molecule has 0 radical (unpaired) electrons. The van der Waals surface area contributed by atoms with Crippen LogP contribution in [0.3, 0.4) is 0 Å². The second kappa shape index (κ2) is 6.75. The van der Waals surface area contributed by atoms with Gasteiger partial charge in [-0.2, -0.15) is 13.2 Å². The first kappa shape index (κ1) is 15.0. The number of ether oxygens (including phenoxy) is 1. The number of rotatable bonds is 6. The largest absolute Gasteiger partial charge is 0.416 e.